The maximum Gasteiger partial charge on any atom is 0.243 e. The zero-order valence-corrected chi connectivity index (χ0v) is 16.5. The number of carbonyl (C=O) groups excluding carboxylic acids is 1. The van der Waals surface area contributed by atoms with Crippen molar-refractivity contribution in [2.45, 2.75) is 29.8 Å². The van der Waals surface area contributed by atoms with E-state index in [1.54, 1.807) is 36.5 Å². The number of aromatic hydroxyl groups is 1. The fourth-order valence-corrected chi connectivity index (χ4v) is 6.07. The molecule has 2 aliphatic rings. The SMILES string of the molecule is O=C1C[C@@H]2CN(S(=O)(=O)c3ccc4cc[nH]c4c3)C[C@H](C1)N2c1ccc(O)cc1. The largest absolute Gasteiger partial charge is 0.508 e. The number of nitrogens with one attached hydrogen (secondary N) is 1. The van der Waals surface area contributed by atoms with E-state index in [4.69, 9.17) is 0 Å². The summed E-state index contributed by atoms with van der Waals surface area (Å²) in [4.78, 5) is 17.7. The Morgan fingerprint density at radius 1 is 0.966 bits per heavy atom. The van der Waals surface area contributed by atoms with Crippen LogP contribution in [0.15, 0.2) is 59.6 Å². The van der Waals surface area contributed by atoms with Gasteiger partial charge >= 0.3 is 0 Å². The molecule has 2 atom stereocenters. The molecular formula is C21H21N3O4S. The fraction of sp³-hybridized carbons (Fsp3) is 0.286. The van der Waals surface area contributed by atoms with E-state index in [-0.39, 0.29) is 41.6 Å². The normalized spacial score (nSPS) is 22.9. The van der Waals surface area contributed by atoms with Gasteiger partial charge in [-0.05, 0) is 47.9 Å². The Morgan fingerprint density at radius 3 is 2.34 bits per heavy atom. The monoisotopic (exact) mass is 411 g/mol. The minimum Gasteiger partial charge on any atom is -0.508 e. The Kier molecular flexibility index (Phi) is 4.15. The summed E-state index contributed by atoms with van der Waals surface area (Å²) >= 11 is 0. The number of rotatable bonds is 3. The van der Waals surface area contributed by atoms with Crippen LogP contribution in [0, 0.1) is 0 Å². The van der Waals surface area contributed by atoms with Crippen LogP contribution in [0.2, 0.25) is 0 Å². The number of phenolic OH excluding ortho intramolecular Hbond substituents is 1. The van der Waals surface area contributed by atoms with Gasteiger partial charge in [-0.1, -0.05) is 6.07 Å². The quantitative estimate of drug-likeness (QED) is 0.691. The van der Waals surface area contributed by atoms with Crippen molar-refractivity contribution in [3.63, 3.8) is 0 Å². The highest BCUT2D eigenvalue weighted by Gasteiger charge is 2.44. The van der Waals surface area contributed by atoms with Crippen LogP contribution in [0.25, 0.3) is 10.9 Å². The number of anilines is 1. The standard InChI is InChI=1S/C21H21N3O4S/c25-18-4-2-15(3-5-18)24-16-9-19(26)10-17(24)13-23(12-16)29(27,28)20-6-1-14-7-8-22-21(14)11-20/h1-8,11,16-17,22,25H,9-10,12-13H2/t16-,17+. The number of Topliss-reactive ketones (excluding diaryl/α,β-unsaturated/α-hetero) is 1. The molecular weight excluding hydrogens is 390 g/mol. The van der Waals surface area contributed by atoms with Crippen LogP contribution in [0.3, 0.4) is 0 Å². The lowest BCUT2D eigenvalue weighted by Crippen LogP contribution is -2.63. The van der Waals surface area contributed by atoms with Gasteiger partial charge < -0.3 is 15.0 Å². The third-order valence-electron chi connectivity index (χ3n) is 5.85. The van der Waals surface area contributed by atoms with Crippen molar-refractivity contribution < 1.29 is 18.3 Å². The second kappa shape index (κ2) is 6.60. The molecule has 150 valence electrons. The predicted octanol–water partition coefficient (Wildman–Crippen LogP) is 2.48. The Labute approximate surface area is 168 Å². The number of aromatic amines is 1. The summed E-state index contributed by atoms with van der Waals surface area (Å²) in [7, 11) is -3.67. The minimum atomic E-state index is -3.67. The second-order valence-electron chi connectivity index (χ2n) is 7.73. The summed E-state index contributed by atoms with van der Waals surface area (Å²) in [5.41, 5.74) is 1.68. The van der Waals surface area contributed by atoms with Crippen LogP contribution >= 0.6 is 0 Å². The zero-order chi connectivity index (χ0) is 20.2. The van der Waals surface area contributed by atoms with Crippen LogP contribution < -0.4 is 4.90 Å². The molecule has 8 heteroatoms. The molecule has 2 saturated heterocycles. The van der Waals surface area contributed by atoms with Crippen LogP contribution in [0.4, 0.5) is 5.69 Å². The Morgan fingerprint density at radius 2 is 1.66 bits per heavy atom. The number of hydrogen-bond acceptors (Lipinski definition) is 5. The van der Waals surface area contributed by atoms with Crippen LogP contribution in [-0.4, -0.2) is 53.8 Å². The minimum absolute atomic E-state index is 0.167. The molecule has 29 heavy (non-hydrogen) atoms. The number of sulfonamides is 1. The molecule has 7 nitrogen and oxygen atoms in total. The van der Waals surface area contributed by atoms with E-state index in [1.807, 2.05) is 18.2 Å². The Balaban J connectivity index is 1.47. The zero-order valence-electron chi connectivity index (χ0n) is 15.7. The number of benzene rings is 2. The molecule has 0 amide bonds. The summed E-state index contributed by atoms with van der Waals surface area (Å²) in [5, 5.41) is 10.5. The predicted molar refractivity (Wildman–Crippen MR) is 109 cm³/mol. The van der Waals surface area contributed by atoms with E-state index < -0.39 is 10.0 Å². The van der Waals surface area contributed by atoms with Crippen LogP contribution in [0.1, 0.15) is 12.8 Å². The van der Waals surface area contributed by atoms with Gasteiger partial charge in [-0.3, -0.25) is 4.79 Å². The third kappa shape index (κ3) is 3.08. The lowest BCUT2D eigenvalue weighted by Gasteiger charge is -2.50. The summed E-state index contributed by atoms with van der Waals surface area (Å²) in [5.74, 6) is 0.343. The molecule has 5 rings (SSSR count). The molecule has 0 aliphatic carbocycles. The van der Waals surface area contributed by atoms with Crippen molar-refractivity contribution >= 4 is 32.4 Å². The van der Waals surface area contributed by atoms with Gasteiger partial charge in [0.25, 0.3) is 0 Å². The number of ketones is 1. The fourth-order valence-electron chi connectivity index (χ4n) is 4.53. The number of piperazine rings is 1. The molecule has 2 fully saturated rings. The molecule has 0 unspecified atom stereocenters. The average molecular weight is 411 g/mol. The van der Waals surface area contributed by atoms with Gasteiger partial charge in [-0.25, -0.2) is 8.42 Å². The highest BCUT2D eigenvalue weighted by molar-refractivity contribution is 7.89. The van der Waals surface area contributed by atoms with Gasteiger partial charge in [0.05, 0.1) is 17.0 Å². The van der Waals surface area contributed by atoms with Gasteiger partial charge in [-0.15, -0.1) is 0 Å². The van der Waals surface area contributed by atoms with E-state index in [9.17, 15) is 18.3 Å². The summed E-state index contributed by atoms with van der Waals surface area (Å²) in [6, 6.07) is 13.4. The van der Waals surface area contributed by atoms with Crippen molar-refractivity contribution in [1.82, 2.24) is 9.29 Å². The lowest BCUT2D eigenvalue weighted by atomic mass is 9.90. The number of H-pyrrole nitrogens is 1. The first kappa shape index (κ1) is 18.2. The lowest BCUT2D eigenvalue weighted by molar-refractivity contribution is -0.121. The van der Waals surface area contributed by atoms with Crippen molar-refractivity contribution in [3.05, 3.63) is 54.7 Å². The van der Waals surface area contributed by atoms with Gasteiger partial charge in [0.2, 0.25) is 10.0 Å². The molecule has 3 heterocycles. The molecule has 2 aliphatic heterocycles. The molecule has 3 aromatic rings. The van der Waals surface area contributed by atoms with Crippen molar-refractivity contribution in [1.29, 1.82) is 0 Å². The van der Waals surface area contributed by atoms with E-state index in [1.165, 1.54) is 4.31 Å². The molecule has 0 spiro atoms. The molecule has 0 radical (unpaired) electrons. The molecule has 2 aromatic carbocycles. The number of fused-ring (bicyclic) bond motifs is 3. The molecule has 1 aromatic heterocycles. The van der Waals surface area contributed by atoms with Crippen molar-refractivity contribution in [2.24, 2.45) is 0 Å². The van der Waals surface area contributed by atoms with E-state index in [0.29, 0.717) is 12.8 Å². The first-order valence-corrected chi connectivity index (χ1v) is 11.0. The smallest absolute Gasteiger partial charge is 0.243 e. The van der Waals surface area contributed by atoms with E-state index >= 15 is 0 Å². The number of phenols is 1. The van der Waals surface area contributed by atoms with Gasteiger partial charge in [-0.2, -0.15) is 4.31 Å². The number of piperidine rings is 1. The van der Waals surface area contributed by atoms with Gasteiger partial charge in [0.15, 0.2) is 0 Å². The van der Waals surface area contributed by atoms with Crippen molar-refractivity contribution in [2.75, 3.05) is 18.0 Å². The third-order valence-corrected chi connectivity index (χ3v) is 7.68. The summed E-state index contributed by atoms with van der Waals surface area (Å²) < 4.78 is 28.2. The van der Waals surface area contributed by atoms with Gasteiger partial charge in [0.1, 0.15) is 11.5 Å². The molecule has 2 N–H and O–H groups in total. The summed E-state index contributed by atoms with van der Waals surface area (Å²) in [6.07, 6.45) is 2.42. The molecule has 0 saturated carbocycles. The first-order chi connectivity index (χ1) is 13.9. The highest BCUT2D eigenvalue weighted by Crippen LogP contribution is 2.35. The van der Waals surface area contributed by atoms with Crippen molar-refractivity contribution in [3.8, 4) is 5.75 Å². The average Bonchev–Trinajstić information content (AvgIpc) is 3.15. The number of carbonyl (C=O) groups is 1. The van der Waals surface area contributed by atoms with Gasteiger partial charge in [0, 0.05) is 43.3 Å². The first-order valence-electron chi connectivity index (χ1n) is 9.58. The maximum atomic E-state index is 13.3. The van der Waals surface area contributed by atoms with Crippen LogP contribution in [-0.2, 0) is 14.8 Å². The van der Waals surface area contributed by atoms with E-state index in [2.05, 4.69) is 9.88 Å². The number of hydrogen-bond donors (Lipinski definition) is 2. The maximum absolute atomic E-state index is 13.3. The molecule has 2 bridgehead atoms. The Hall–Kier alpha value is -2.84. The number of nitrogens with zero attached hydrogens (tertiary/aromatic N) is 2. The topological polar surface area (TPSA) is 93.7 Å². The second-order valence-corrected chi connectivity index (χ2v) is 9.66. The number of aromatic nitrogens is 1. The van der Waals surface area contributed by atoms with Crippen LogP contribution in [0.5, 0.6) is 5.75 Å². The highest BCUT2D eigenvalue weighted by atomic mass is 32.2. The van der Waals surface area contributed by atoms with E-state index in [0.717, 1.165) is 16.6 Å². The Bertz CT molecular complexity index is 1170. The summed E-state index contributed by atoms with van der Waals surface area (Å²) in [6.45, 7) is 0.516.